The maximum absolute atomic E-state index is 9.57. The summed E-state index contributed by atoms with van der Waals surface area (Å²) in [6.45, 7) is 3.61. The number of benzene rings is 1. The summed E-state index contributed by atoms with van der Waals surface area (Å²) < 4.78 is 0. The summed E-state index contributed by atoms with van der Waals surface area (Å²) in [7, 11) is 0. The van der Waals surface area contributed by atoms with Crippen LogP contribution in [0, 0.1) is 0 Å². The molecule has 0 aliphatic heterocycles. The van der Waals surface area contributed by atoms with Gasteiger partial charge in [0.05, 0.1) is 6.10 Å². The molecule has 0 amide bonds. The molecule has 0 heterocycles. The van der Waals surface area contributed by atoms with Crippen LogP contribution in [-0.2, 0) is 6.42 Å². The molecule has 1 aromatic carbocycles. The largest absolute Gasteiger partial charge is 0.393 e. The molecule has 4 nitrogen and oxygen atoms in total. The molecule has 3 N–H and O–H groups in total. The summed E-state index contributed by atoms with van der Waals surface area (Å²) in [5, 5.41) is 17.1. The number of rotatable bonds is 5. The number of guanidine groups is 1. The average Bonchev–Trinajstić information content (AvgIpc) is 2.51. The molecular weight excluding hydrogens is 425 g/mol. The van der Waals surface area contributed by atoms with Gasteiger partial charge in [0.15, 0.2) is 5.96 Å². The lowest BCUT2D eigenvalue weighted by Gasteiger charge is -2.27. The highest BCUT2D eigenvalue weighted by Crippen LogP contribution is 2.18. The van der Waals surface area contributed by atoms with Crippen molar-refractivity contribution in [2.45, 2.75) is 51.2 Å². The van der Waals surface area contributed by atoms with Gasteiger partial charge in [0.25, 0.3) is 0 Å². The maximum atomic E-state index is 9.57. The number of nitrogens with zero attached hydrogens (tertiary/aromatic N) is 1. The van der Waals surface area contributed by atoms with Gasteiger partial charge in [-0.2, -0.15) is 0 Å². The molecule has 23 heavy (non-hydrogen) atoms. The smallest absolute Gasteiger partial charge is 0.191 e. The van der Waals surface area contributed by atoms with Crippen molar-refractivity contribution < 1.29 is 5.11 Å². The first-order valence-electron chi connectivity index (χ1n) is 8.15. The number of aliphatic hydroxyl groups is 1. The van der Waals surface area contributed by atoms with Gasteiger partial charge in [-0.25, -0.2) is 0 Å². The van der Waals surface area contributed by atoms with E-state index in [0.717, 1.165) is 55.2 Å². The molecule has 1 aromatic rings. The zero-order valence-electron chi connectivity index (χ0n) is 13.6. The zero-order valence-corrected chi connectivity index (χ0v) is 16.7. The van der Waals surface area contributed by atoms with Crippen LogP contribution in [0.1, 0.15) is 38.2 Å². The van der Waals surface area contributed by atoms with E-state index in [9.17, 15) is 5.11 Å². The number of hydrogen-bond donors (Lipinski definition) is 3. The Labute approximate surface area is 161 Å². The van der Waals surface area contributed by atoms with E-state index in [0.29, 0.717) is 12.6 Å². The highest BCUT2D eigenvalue weighted by molar-refractivity contribution is 14.0. The van der Waals surface area contributed by atoms with Crippen molar-refractivity contribution in [2.24, 2.45) is 4.99 Å². The molecule has 1 saturated carbocycles. The minimum atomic E-state index is -0.127. The van der Waals surface area contributed by atoms with Crippen LogP contribution in [0.15, 0.2) is 29.3 Å². The molecule has 0 spiro atoms. The van der Waals surface area contributed by atoms with Gasteiger partial charge in [0.1, 0.15) is 0 Å². The first-order valence-corrected chi connectivity index (χ1v) is 8.53. The van der Waals surface area contributed by atoms with Crippen LogP contribution in [0.4, 0.5) is 0 Å². The van der Waals surface area contributed by atoms with Gasteiger partial charge in [-0.3, -0.25) is 4.99 Å². The van der Waals surface area contributed by atoms with Crippen LogP contribution in [0.3, 0.4) is 0 Å². The minimum absolute atomic E-state index is 0. The summed E-state index contributed by atoms with van der Waals surface area (Å²) in [6, 6.07) is 8.31. The Morgan fingerprint density at radius 2 is 1.96 bits per heavy atom. The van der Waals surface area contributed by atoms with Crippen molar-refractivity contribution in [3.63, 3.8) is 0 Å². The second-order valence-electron chi connectivity index (χ2n) is 5.75. The third-order valence-corrected chi connectivity index (χ3v) is 4.36. The number of nitrogens with one attached hydrogen (secondary N) is 2. The molecular formula is C17H27ClIN3O. The Morgan fingerprint density at radius 3 is 2.61 bits per heavy atom. The molecule has 130 valence electrons. The topological polar surface area (TPSA) is 56.7 Å². The molecule has 0 aromatic heterocycles. The van der Waals surface area contributed by atoms with Crippen molar-refractivity contribution in [1.82, 2.24) is 10.6 Å². The van der Waals surface area contributed by atoms with Crippen LogP contribution < -0.4 is 10.6 Å². The molecule has 1 aliphatic rings. The normalized spacial score (nSPS) is 21.4. The van der Waals surface area contributed by atoms with Gasteiger partial charge in [-0.05, 0) is 50.7 Å². The van der Waals surface area contributed by atoms with E-state index in [2.05, 4.69) is 22.5 Å². The lowest BCUT2D eigenvalue weighted by Crippen LogP contribution is -2.45. The predicted molar refractivity (Wildman–Crippen MR) is 108 cm³/mol. The molecule has 0 atom stereocenters. The zero-order chi connectivity index (χ0) is 15.8. The molecule has 1 aliphatic carbocycles. The molecule has 1 fully saturated rings. The highest BCUT2D eigenvalue weighted by atomic mass is 127. The second-order valence-corrected chi connectivity index (χ2v) is 6.16. The lowest BCUT2D eigenvalue weighted by atomic mass is 9.93. The Bertz CT molecular complexity index is 490. The summed E-state index contributed by atoms with van der Waals surface area (Å²) >= 11 is 6.17. The lowest BCUT2D eigenvalue weighted by molar-refractivity contribution is 0.120. The quantitative estimate of drug-likeness (QED) is 0.365. The molecule has 0 saturated heterocycles. The van der Waals surface area contributed by atoms with Crippen LogP contribution in [0.25, 0.3) is 0 Å². The average molecular weight is 452 g/mol. The Balaban J connectivity index is 0.00000264. The van der Waals surface area contributed by atoms with Gasteiger partial charge in [0.2, 0.25) is 0 Å². The van der Waals surface area contributed by atoms with Crippen LogP contribution >= 0.6 is 35.6 Å². The third-order valence-electron chi connectivity index (χ3n) is 3.99. The van der Waals surface area contributed by atoms with Gasteiger partial charge >= 0.3 is 0 Å². The summed E-state index contributed by atoms with van der Waals surface area (Å²) in [5.41, 5.74) is 1.13. The van der Waals surface area contributed by atoms with E-state index in [1.807, 2.05) is 24.3 Å². The van der Waals surface area contributed by atoms with Crippen LogP contribution in [0.5, 0.6) is 0 Å². The van der Waals surface area contributed by atoms with Crippen LogP contribution in [-0.4, -0.2) is 36.3 Å². The maximum Gasteiger partial charge on any atom is 0.191 e. The first-order chi connectivity index (χ1) is 10.7. The van der Waals surface area contributed by atoms with Gasteiger partial charge in [-0.15, -0.1) is 24.0 Å². The van der Waals surface area contributed by atoms with E-state index in [1.54, 1.807) is 0 Å². The Morgan fingerprint density at radius 1 is 1.26 bits per heavy atom. The summed E-state index contributed by atoms with van der Waals surface area (Å²) in [6.07, 6.45) is 4.44. The fraction of sp³-hybridized carbons (Fsp3) is 0.588. The molecule has 0 radical (unpaired) electrons. The van der Waals surface area contributed by atoms with Crippen LogP contribution in [0.2, 0.25) is 5.02 Å². The monoisotopic (exact) mass is 451 g/mol. The van der Waals surface area contributed by atoms with Crippen molar-refractivity contribution in [3.8, 4) is 0 Å². The fourth-order valence-corrected chi connectivity index (χ4v) is 2.95. The Kier molecular flexibility index (Phi) is 9.90. The second kappa shape index (κ2) is 11.1. The first kappa shape index (κ1) is 20.5. The SMILES string of the molecule is CCNC(=NCCc1ccccc1Cl)NC1CCC(O)CC1.I. The summed E-state index contributed by atoms with van der Waals surface area (Å²) in [5.74, 6) is 0.857. The van der Waals surface area contributed by atoms with E-state index < -0.39 is 0 Å². The van der Waals surface area contributed by atoms with Crippen molar-refractivity contribution >= 4 is 41.5 Å². The standard InChI is InChI=1S/C17H26ClN3O.HI/c1-2-19-17(21-14-7-9-15(22)10-8-14)20-12-11-13-5-3-4-6-16(13)18;/h3-6,14-15,22H,2,7-12H2,1H3,(H2,19,20,21);1H. The van der Waals surface area contributed by atoms with Crippen molar-refractivity contribution in [1.29, 1.82) is 0 Å². The van der Waals surface area contributed by atoms with Gasteiger partial charge < -0.3 is 15.7 Å². The number of halogens is 2. The third kappa shape index (κ3) is 7.27. The molecule has 6 heteroatoms. The predicted octanol–water partition coefficient (Wildman–Crippen LogP) is 3.36. The van der Waals surface area contributed by atoms with Gasteiger partial charge in [-0.1, -0.05) is 29.8 Å². The van der Waals surface area contributed by atoms with Crippen molar-refractivity contribution in [3.05, 3.63) is 34.9 Å². The number of hydrogen-bond acceptors (Lipinski definition) is 2. The highest BCUT2D eigenvalue weighted by Gasteiger charge is 2.19. The van der Waals surface area contributed by atoms with Gasteiger partial charge in [0, 0.05) is 24.2 Å². The van der Waals surface area contributed by atoms with E-state index >= 15 is 0 Å². The Hall–Kier alpha value is -0.530. The van der Waals surface area contributed by atoms with E-state index in [1.165, 1.54) is 0 Å². The van der Waals surface area contributed by atoms with Crippen molar-refractivity contribution in [2.75, 3.05) is 13.1 Å². The van der Waals surface area contributed by atoms with E-state index in [-0.39, 0.29) is 30.1 Å². The fourth-order valence-electron chi connectivity index (χ4n) is 2.72. The molecule has 0 bridgehead atoms. The van der Waals surface area contributed by atoms with E-state index in [4.69, 9.17) is 11.6 Å². The number of aliphatic imine (C=N–C) groups is 1. The summed E-state index contributed by atoms with van der Waals surface area (Å²) in [4.78, 5) is 4.64. The molecule has 2 rings (SSSR count). The minimum Gasteiger partial charge on any atom is -0.393 e. The number of aliphatic hydroxyl groups excluding tert-OH is 1. The molecule has 0 unspecified atom stereocenters.